The van der Waals surface area contributed by atoms with Crippen molar-refractivity contribution in [2.24, 2.45) is 0 Å². The van der Waals surface area contributed by atoms with Gasteiger partial charge in [-0.1, -0.05) is 48.5 Å². The number of hydrogen-bond acceptors (Lipinski definition) is 7. The predicted molar refractivity (Wildman–Crippen MR) is 181 cm³/mol. The Morgan fingerprint density at radius 2 is 1.64 bits per heavy atom. The molecule has 1 fully saturated rings. The maximum Gasteiger partial charge on any atom is 0.407 e. The van der Waals surface area contributed by atoms with Crippen LogP contribution < -0.4 is 14.4 Å². The SMILES string of the molecule is COCCCCc1ccccc1N(C)C(=O)COC1CN(C(=O)O)CCC1c1ccc(OCCCOCc2ccccc2OC)cc1. The summed E-state index contributed by atoms with van der Waals surface area (Å²) < 4.78 is 28.5. The highest BCUT2D eigenvalue weighted by Crippen LogP contribution is 2.32. The zero-order valence-electron chi connectivity index (χ0n) is 27.8. The number of methoxy groups -OCH3 is 2. The normalized spacial score (nSPS) is 16.1. The molecule has 0 radical (unpaired) electrons. The molecule has 0 bridgehead atoms. The second-order valence-corrected chi connectivity index (χ2v) is 11.6. The zero-order chi connectivity index (χ0) is 33.4. The lowest BCUT2D eigenvalue weighted by Crippen LogP contribution is -2.47. The molecule has 4 rings (SSSR count). The van der Waals surface area contributed by atoms with Crippen LogP contribution in [0, 0.1) is 0 Å². The summed E-state index contributed by atoms with van der Waals surface area (Å²) in [5, 5.41) is 9.67. The Labute approximate surface area is 278 Å². The quantitative estimate of drug-likeness (QED) is 0.163. The number of nitrogens with zero attached hydrogens (tertiary/aromatic N) is 2. The molecule has 1 aliphatic rings. The summed E-state index contributed by atoms with van der Waals surface area (Å²) in [6.07, 6.45) is 2.63. The number of carbonyl (C=O) groups excluding carboxylic acids is 1. The van der Waals surface area contributed by atoms with E-state index in [9.17, 15) is 14.7 Å². The van der Waals surface area contributed by atoms with E-state index >= 15 is 0 Å². The molecule has 10 heteroatoms. The minimum atomic E-state index is -0.987. The molecule has 10 nitrogen and oxygen atoms in total. The van der Waals surface area contributed by atoms with Gasteiger partial charge in [0.1, 0.15) is 18.1 Å². The molecule has 1 heterocycles. The summed E-state index contributed by atoms with van der Waals surface area (Å²) in [4.78, 5) is 28.1. The largest absolute Gasteiger partial charge is 0.496 e. The zero-order valence-corrected chi connectivity index (χ0v) is 27.8. The van der Waals surface area contributed by atoms with Crippen LogP contribution in [0.15, 0.2) is 72.8 Å². The second kappa shape index (κ2) is 18.9. The summed E-state index contributed by atoms with van der Waals surface area (Å²) in [6.45, 7) is 2.71. The molecule has 0 aromatic heterocycles. The van der Waals surface area contributed by atoms with Gasteiger partial charge in [0, 0.05) is 50.9 Å². The number of anilines is 1. The number of unbranched alkanes of at least 4 members (excludes halogenated alkanes) is 1. The van der Waals surface area contributed by atoms with E-state index in [1.165, 1.54) is 4.90 Å². The van der Waals surface area contributed by atoms with Gasteiger partial charge in [-0.15, -0.1) is 0 Å². The minimum absolute atomic E-state index is 0.0609. The fourth-order valence-corrected chi connectivity index (χ4v) is 5.83. The van der Waals surface area contributed by atoms with E-state index in [4.69, 9.17) is 23.7 Å². The van der Waals surface area contributed by atoms with Crippen LogP contribution in [0.1, 0.15) is 48.3 Å². The maximum absolute atomic E-state index is 13.3. The number of hydrogen-bond donors (Lipinski definition) is 1. The van der Waals surface area contributed by atoms with Crippen LogP contribution in [0.3, 0.4) is 0 Å². The van der Waals surface area contributed by atoms with Crippen LogP contribution in [-0.4, -0.2) is 88.9 Å². The first kappa shape index (κ1) is 35.7. The van der Waals surface area contributed by atoms with Crippen molar-refractivity contribution >= 4 is 17.7 Å². The molecule has 1 saturated heterocycles. The standard InChI is InChI=1S/C37H48N2O8/c1-38(33-14-6-4-11-29(33)12-8-9-22-43-2)36(40)27-47-35-25-39(37(41)42)21-20-32(35)28-16-18-31(19-17-28)46-24-10-23-45-26-30-13-5-7-15-34(30)44-3/h4-7,11,13-19,32,35H,8-10,12,20-27H2,1-3H3,(H,41,42). The monoisotopic (exact) mass is 648 g/mol. The number of benzene rings is 3. The molecule has 0 saturated carbocycles. The molecule has 254 valence electrons. The van der Waals surface area contributed by atoms with Gasteiger partial charge >= 0.3 is 6.09 Å². The van der Waals surface area contributed by atoms with Crippen molar-refractivity contribution in [3.05, 3.63) is 89.5 Å². The number of para-hydroxylation sites is 2. The van der Waals surface area contributed by atoms with Crippen molar-refractivity contribution in [1.29, 1.82) is 0 Å². The van der Waals surface area contributed by atoms with Crippen LogP contribution in [0.25, 0.3) is 0 Å². The van der Waals surface area contributed by atoms with Crippen LogP contribution in [-0.2, 0) is 32.0 Å². The Morgan fingerprint density at radius 1 is 0.894 bits per heavy atom. The van der Waals surface area contributed by atoms with Crippen molar-refractivity contribution < 1.29 is 38.4 Å². The third-order valence-electron chi connectivity index (χ3n) is 8.48. The number of aryl methyl sites for hydroxylation is 1. The molecule has 3 aromatic carbocycles. The third-order valence-corrected chi connectivity index (χ3v) is 8.48. The number of ether oxygens (including phenoxy) is 5. The minimum Gasteiger partial charge on any atom is -0.496 e. The molecule has 47 heavy (non-hydrogen) atoms. The fourth-order valence-electron chi connectivity index (χ4n) is 5.83. The highest BCUT2D eigenvalue weighted by atomic mass is 16.5. The van der Waals surface area contributed by atoms with E-state index in [0.29, 0.717) is 39.4 Å². The van der Waals surface area contributed by atoms with E-state index in [2.05, 4.69) is 0 Å². The number of carbonyl (C=O) groups is 2. The number of likely N-dealkylation sites (tertiary alicyclic amines) is 1. The topological polar surface area (TPSA) is 107 Å². The maximum atomic E-state index is 13.3. The number of rotatable bonds is 18. The second-order valence-electron chi connectivity index (χ2n) is 11.6. The van der Waals surface area contributed by atoms with Gasteiger partial charge in [0.05, 0.1) is 39.6 Å². The fraction of sp³-hybridized carbons (Fsp3) is 0.459. The number of likely N-dealkylation sites (N-methyl/N-ethyl adjacent to an activating group) is 1. The molecular formula is C37H48N2O8. The van der Waals surface area contributed by atoms with Gasteiger partial charge in [-0.25, -0.2) is 4.79 Å². The first-order valence-electron chi connectivity index (χ1n) is 16.3. The highest BCUT2D eigenvalue weighted by Gasteiger charge is 2.34. The van der Waals surface area contributed by atoms with Crippen molar-refractivity contribution in [2.75, 3.05) is 65.7 Å². The van der Waals surface area contributed by atoms with Gasteiger partial charge in [-0.2, -0.15) is 0 Å². The van der Waals surface area contributed by atoms with Crippen molar-refractivity contribution in [2.45, 2.75) is 50.7 Å². The average Bonchev–Trinajstić information content (AvgIpc) is 3.10. The van der Waals surface area contributed by atoms with Crippen LogP contribution >= 0.6 is 0 Å². The summed E-state index contributed by atoms with van der Waals surface area (Å²) in [5.41, 5.74) is 3.98. The lowest BCUT2D eigenvalue weighted by Gasteiger charge is -2.37. The van der Waals surface area contributed by atoms with Crippen molar-refractivity contribution in [3.63, 3.8) is 0 Å². The molecule has 2 amide bonds. The first-order valence-corrected chi connectivity index (χ1v) is 16.3. The number of amides is 2. The van der Waals surface area contributed by atoms with E-state index in [1.807, 2.05) is 72.8 Å². The third kappa shape index (κ3) is 10.7. The lowest BCUT2D eigenvalue weighted by molar-refractivity contribution is -0.126. The van der Waals surface area contributed by atoms with E-state index in [0.717, 1.165) is 59.6 Å². The summed E-state index contributed by atoms with van der Waals surface area (Å²) in [7, 11) is 5.11. The molecule has 1 N–H and O–H groups in total. The number of piperidine rings is 1. The summed E-state index contributed by atoms with van der Waals surface area (Å²) in [5.74, 6) is 1.32. The molecule has 1 aliphatic heterocycles. The Hall–Kier alpha value is -4.12. The van der Waals surface area contributed by atoms with Gasteiger partial charge in [-0.3, -0.25) is 4.79 Å². The molecular weight excluding hydrogens is 600 g/mol. The smallest absolute Gasteiger partial charge is 0.407 e. The van der Waals surface area contributed by atoms with Gasteiger partial charge in [-0.05, 0) is 61.1 Å². The highest BCUT2D eigenvalue weighted by molar-refractivity contribution is 5.94. The van der Waals surface area contributed by atoms with Gasteiger partial charge in [0.2, 0.25) is 0 Å². The summed E-state index contributed by atoms with van der Waals surface area (Å²) >= 11 is 0. The molecule has 0 aliphatic carbocycles. The Balaban J connectivity index is 1.29. The molecule has 2 unspecified atom stereocenters. The van der Waals surface area contributed by atoms with Crippen LogP contribution in [0.5, 0.6) is 11.5 Å². The van der Waals surface area contributed by atoms with E-state index < -0.39 is 12.2 Å². The Morgan fingerprint density at radius 3 is 2.38 bits per heavy atom. The van der Waals surface area contributed by atoms with Gasteiger partial charge in [0.25, 0.3) is 5.91 Å². The molecule has 2 atom stereocenters. The van der Waals surface area contributed by atoms with Crippen molar-refractivity contribution in [3.8, 4) is 11.5 Å². The van der Waals surface area contributed by atoms with Gasteiger partial charge < -0.3 is 38.6 Å². The number of carboxylic acid groups (broad SMARTS) is 1. The van der Waals surface area contributed by atoms with Crippen LogP contribution in [0.4, 0.5) is 10.5 Å². The van der Waals surface area contributed by atoms with Crippen molar-refractivity contribution in [1.82, 2.24) is 4.90 Å². The van der Waals surface area contributed by atoms with E-state index in [1.54, 1.807) is 26.2 Å². The van der Waals surface area contributed by atoms with Crippen LogP contribution in [0.2, 0.25) is 0 Å². The molecule has 3 aromatic rings. The first-order chi connectivity index (χ1) is 22.9. The lowest BCUT2D eigenvalue weighted by atomic mass is 9.87. The van der Waals surface area contributed by atoms with E-state index in [-0.39, 0.29) is 25.0 Å². The Kier molecular flexibility index (Phi) is 14.4. The predicted octanol–water partition coefficient (Wildman–Crippen LogP) is 6.17. The summed E-state index contributed by atoms with van der Waals surface area (Å²) in [6, 6.07) is 23.5. The average molecular weight is 649 g/mol. The molecule has 0 spiro atoms. The van der Waals surface area contributed by atoms with Gasteiger partial charge in [0.15, 0.2) is 0 Å². The Bertz CT molecular complexity index is 1400.